The Balaban J connectivity index is 1.79. The highest BCUT2D eigenvalue weighted by molar-refractivity contribution is 6.35. The molecule has 0 aliphatic carbocycles. The predicted octanol–water partition coefficient (Wildman–Crippen LogP) is 3.69. The van der Waals surface area contributed by atoms with E-state index >= 15 is 0 Å². The first-order chi connectivity index (χ1) is 19.7. The van der Waals surface area contributed by atoms with Crippen molar-refractivity contribution < 1.29 is 43.2 Å². The summed E-state index contributed by atoms with van der Waals surface area (Å²) >= 11 is 6.64. The zero-order valence-corrected chi connectivity index (χ0v) is 25.7. The van der Waals surface area contributed by atoms with Crippen LogP contribution in [-0.2, 0) is 35.0 Å². The number of nitrogens with zero attached hydrogens (tertiary/aromatic N) is 1. The SMILES string of the molecule is COc1cc2cc(c1Cl)N(C)C(=O)CC(OC(C)=O)C1(C)OC1C(C)C1CC(O)(NC(=O)O1)C(OC)/C=C/C=C(\C)C2. The van der Waals surface area contributed by atoms with E-state index in [2.05, 4.69) is 5.32 Å². The van der Waals surface area contributed by atoms with Crippen molar-refractivity contribution in [3.05, 3.63) is 46.5 Å². The highest BCUT2D eigenvalue weighted by Gasteiger charge is 2.64. The normalized spacial score (nSPS) is 35.6. The van der Waals surface area contributed by atoms with Crippen LogP contribution in [0.3, 0.4) is 0 Å². The fraction of sp³-hybridized carbons (Fsp3) is 0.567. The molecule has 2 amide bonds. The summed E-state index contributed by atoms with van der Waals surface area (Å²) in [5, 5.41) is 14.3. The maximum absolute atomic E-state index is 13.6. The number of alkyl carbamates (subject to hydrolysis) is 1. The Bertz CT molecular complexity index is 1300. The number of methoxy groups -OCH3 is 2. The number of amides is 2. The summed E-state index contributed by atoms with van der Waals surface area (Å²) in [5.74, 6) is -0.951. The van der Waals surface area contributed by atoms with Crippen LogP contribution in [0.15, 0.2) is 35.9 Å². The summed E-state index contributed by atoms with van der Waals surface area (Å²) in [5.41, 5.74) is -0.570. The number of ether oxygens (including phenoxy) is 5. The number of esters is 1. The number of rotatable bonds is 3. The van der Waals surface area contributed by atoms with Gasteiger partial charge in [-0.1, -0.05) is 42.3 Å². The molecule has 0 aromatic heterocycles. The Hall–Kier alpha value is -3.12. The first-order valence-corrected chi connectivity index (χ1v) is 14.2. The van der Waals surface area contributed by atoms with Gasteiger partial charge in [0.05, 0.1) is 25.3 Å². The second kappa shape index (κ2) is 12.2. The van der Waals surface area contributed by atoms with Gasteiger partial charge in [-0.25, -0.2) is 4.79 Å². The largest absolute Gasteiger partial charge is 0.495 e. The number of allylic oxidation sites excluding steroid dienone is 3. The average Bonchev–Trinajstić information content (AvgIpc) is 3.61. The van der Waals surface area contributed by atoms with Gasteiger partial charge in [-0.3, -0.25) is 14.9 Å². The van der Waals surface area contributed by atoms with E-state index in [1.54, 1.807) is 32.2 Å². The van der Waals surface area contributed by atoms with Crippen molar-refractivity contribution in [2.24, 2.45) is 5.92 Å². The monoisotopic (exact) mass is 606 g/mol. The molecule has 0 saturated carbocycles. The number of epoxide rings is 1. The Morgan fingerprint density at radius 1 is 1.26 bits per heavy atom. The van der Waals surface area contributed by atoms with Crippen molar-refractivity contribution in [1.82, 2.24) is 5.32 Å². The lowest BCUT2D eigenvalue weighted by atomic mass is 9.83. The van der Waals surface area contributed by atoms with E-state index < -0.39 is 53.7 Å². The Morgan fingerprint density at radius 2 is 1.98 bits per heavy atom. The molecule has 1 aromatic carbocycles. The molecule has 4 rings (SSSR count). The first-order valence-electron chi connectivity index (χ1n) is 13.8. The molecule has 42 heavy (non-hydrogen) atoms. The summed E-state index contributed by atoms with van der Waals surface area (Å²) < 4.78 is 28.4. The lowest BCUT2D eigenvalue weighted by Crippen LogP contribution is -2.63. The third kappa shape index (κ3) is 6.44. The lowest BCUT2D eigenvalue weighted by molar-refractivity contribution is -0.151. The Morgan fingerprint density at radius 3 is 2.62 bits per heavy atom. The zero-order chi connectivity index (χ0) is 31.0. The van der Waals surface area contributed by atoms with Gasteiger partial charge in [-0.05, 0) is 38.0 Å². The third-order valence-electron chi connectivity index (χ3n) is 8.26. The number of fused-ring (bicyclic) bond motifs is 5. The first kappa shape index (κ1) is 31.8. The molecule has 0 radical (unpaired) electrons. The summed E-state index contributed by atoms with van der Waals surface area (Å²) in [4.78, 5) is 39.7. The molecule has 4 bridgehead atoms. The molecule has 3 heterocycles. The highest BCUT2D eigenvalue weighted by atomic mass is 35.5. The van der Waals surface area contributed by atoms with Crippen molar-refractivity contribution in [2.75, 3.05) is 26.2 Å². The quantitative estimate of drug-likeness (QED) is 0.390. The van der Waals surface area contributed by atoms with Crippen LogP contribution in [0.1, 0.15) is 46.1 Å². The molecule has 2 saturated heterocycles. The molecular weight excluding hydrogens is 568 g/mol. The number of carbonyl (C=O) groups is 3. The molecule has 1 aromatic rings. The van der Waals surface area contributed by atoms with Gasteiger partial charge < -0.3 is 33.7 Å². The van der Waals surface area contributed by atoms with E-state index in [-0.39, 0.29) is 23.8 Å². The van der Waals surface area contributed by atoms with Crippen molar-refractivity contribution in [3.63, 3.8) is 0 Å². The number of hydrogen-bond donors (Lipinski definition) is 2. The fourth-order valence-corrected chi connectivity index (χ4v) is 6.12. The van der Waals surface area contributed by atoms with Crippen molar-refractivity contribution in [3.8, 4) is 5.75 Å². The van der Waals surface area contributed by atoms with Crippen LogP contribution in [0.5, 0.6) is 5.75 Å². The van der Waals surface area contributed by atoms with Crippen LogP contribution >= 0.6 is 11.6 Å². The average molecular weight is 607 g/mol. The molecule has 0 spiro atoms. The topological polar surface area (TPSA) is 136 Å². The van der Waals surface area contributed by atoms with E-state index in [1.807, 2.05) is 26.0 Å². The Kier molecular flexibility index (Phi) is 9.27. The number of nitrogens with one attached hydrogen (secondary N) is 1. The van der Waals surface area contributed by atoms with Gasteiger partial charge in [0, 0.05) is 33.4 Å². The predicted molar refractivity (Wildman–Crippen MR) is 154 cm³/mol. The number of carbonyl (C=O) groups excluding carboxylic acids is 3. The van der Waals surface area contributed by atoms with Gasteiger partial charge in [-0.2, -0.15) is 0 Å². The van der Waals surface area contributed by atoms with Crippen LogP contribution in [0.2, 0.25) is 5.02 Å². The van der Waals surface area contributed by atoms with E-state index in [0.29, 0.717) is 17.9 Å². The Labute approximate surface area is 250 Å². The van der Waals surface area contributed by atoms with Crippen molar-refractivity contribution >= 4 is 35.3 Å². The smallest absolute Gasteiger partial charge is 0.409 e. The second-order valence-corrected chi connectivity index (χ2v) is 11.8. The molecule has 230 valence electrons. The molecule has 2 N–H and O–H groups in total. The van der Waals surface area contributed by atoms with Gasteiger partial charge in [-0.15, -0.1) is 0 Å². The molecular formula is C30H39ClN2O9. The summed E-state index contributed by atoms with van der Waals surface area (Å²) in [6.45, 7) is 6.77. The minimum Gasteiger partial charge on any atom is -0.495 e. The van der Waals surface area contributed by atoms with Gasteiger partial charge in [0.2, 0.25) is 5.91 Å². The van der Waals surface area contributed by atoms with Gasteiger partial charge in [0.15, 0.2) is 5.72 Å². The molecule has 2 fully saturated rings. The standard InChI is InChI=1S/C30H39ClN2O9/c1-16-9-8-10-23(39-7)30(37)15-22(41-28(36)32-30)17(2)27-29(4,42-27)24(40-18(3)34)14-25(35)33(5)20-12-19(11-16)13-21(38-6)26(20)31/h8-10,12-13,17,22-24,27,37H,11,14-15H2,1-7H3,(H,32,36)/b10-8+,16-9+. The molecule has 3 aliphatic rings. The maximum atomic E-state index is 13.6. The van der Waals surface area contributed by atoms with Crippen molar-refractivity contribution in [1.29, 1.82) is 0 Å². The van der Waals surface area contributed by atoms with Crippen LogP contribution in [0.4, 0.5) is 10.5 Å². The van der Waals surface area contributed by atoms with E-state index in [1.165, 1.54) is 26.0 Å². The van der Waals surface area contributed by atoms with E-state index in [4.69, 9.17) is 35.3 Å². The zero-order valence-electron chi connectivity index (χ0n) is 24.9. The van der Waals surface area contributed by atoms with Gasteiger partial charge >= 0.3 is 12.1 Å². The number of anilines is 1. The molecule has 11 nitrogen and oxygen atoms in total. The summed E-state index contributed by atoms with van der Waals surface area (Å²) in [6.07, 6.45) is 1.67. The number of benzene rings is 1. The molecule has 3 aliphatic heterocycles. The lowest BCUT2D eigenvalue weighted by Gasteiger charge is -2.42. The van der Waals surface area contributed by atoms with E-state index in [9.17, 15) is 19.5 Å². The summed E-state index contributed by atoms with van der Waals surface area (Å²) in [6, 6.07) is 3.62. The van der Waals surface area contributed by atoms with E-state index in [0.717, 1.165) is 11.1 Å². The van der Waals surface area contributed by atoms with Gasteiger partial charge in [0.1, 0.15) is 34.7 Å². The summed E-state index contributed by atoms with van der Waals surface area (Å²) in [7, 11) is 4.54. The van der Waals surface area contributed by atoms with Gasteiger partial charge in [0.25, 0.3) is 0 Å². The molecule has 12 heteroatoms. The van der Waals surface area contributed by atoms with Crippen LogP contribution in [0, 0.1) is 5.92 Å². The third-order valence-corrected chi connectivity index (χ3v) is 8.64. The maximum Gasteiger partial charge on any atom is 0.409 e. The minimum atomic E-state index is -1.76. The molecule has 7 unspecified atom stereocenters. The number of halogens is 1. The van der Waals surface area contributed by atoms with Crippen LogP contribution in [0.25, 0.3) is 0 Å². The molecule has 7 atom stereocenters. The fourth-order valence-electron chi connectivity index (χ4n) is 5.81. The second-order valence-electron chi connectivity index (χ2n) is 11.4. The van der Waals surface area contributed by atoms with Crippen LogP contribution < -0.4 is 15.0 Å². The highest BCUT2D eigenvalue weighted by Crippen LogP contribution is 2.49. The van der Waals surface area contributed by atoms with Crippen LogP contribution in [-0.4, -0.2) is 80.1 Å². The van der Waals surface area contributed by atoms with Crippen molar-refractivity contribution in [2.45, 2.75) is 82.7 Å². The number of aliphatic hydroxyl groups is 1. The minimum absolute atomic E-state index is 0.00538. The number of hydrogen-bond acceptors (Lipinski definition) is 9.